The molecule has 2 aromatic heterocycles. The van der Waals surface area contributed by atoms with E-state index in [4.69, 9.17) is 11.1 Å². The molecular weight excluding hydrogens is 300 g/mol. The second-order valence-electron chi connectivity index (χ2n) is 4.35. The van der Waals surface area contributed by atoms with Crippen LogP contribution in [0, 0.1) is 5.41 Å². The fraction of sp³-hybridized carbons (Fsp3) is 0. The van der Waals surface area contributed by atoms with Gasteiger partial charge in [0, 0.05) is 4.88 Å². The van der Waals surface area contributed by atoms with Crippen molar-refractivity contribution < 1.29 is 5.21 Å². The van der Waals surface area contributed by atoms with E-state index in [0.29, 0.717) is 11.0 Å². The summed E-state index contributed by atoms with van der Waals surface area (Å²) < 4.78 is 0.725. The van der Waals surface area contributed by atoms with Crippen molar-refractivity contribution in [2.24, 2.45) is 15.9 Å². The van der Waals surface area contributed by atoms with Crippen LogP contribution in [0.5, 0.6) is 0 Å². The Morgan fingerprint density at radius 3 is 2.91 bits per heavy atom. The van der Waals surface area contributed by atoms with Gasteiger partial charge in [0.1, 0.15) is 5.52 Å². The lowest BCUT2D eigenvalue weighted by Crippen LogP contribution is -2.31. The molecule has 4 N–H and O–H groups in total. The number of hydrogen-bond donors (Lipinski definition) is 3. The van der Waals surface area contributed by atoms with Crippen LogP contribution in [0.2, 0.25) is 0 Å². The fourth-order valence-electron chi connectivity index (χ4n) is 1.87. The second kappa shape index (κ2) is 5.78. The van der Waals surface area contributed by atoms with E-state index in [9.17, 15) is 5.21 Å². The first kappa shape index (κ1) is 14.0. The number of nitrogens with two attached hydrogens (primary N) is 1. The Bertz CT molecular complexity index is 926. The second-order valence-corrected chi connectivity index (χ2v) is 5.33. The van der Waals surface area contributed by atoms with Crippen molar-refractivity contribution in [2.75, 3.05) is 0 Å². The van der Waals surface area contributed by atoms with Crippen molar-refractivity contribution >= 4 is 34.4 Å². The van der Waals surface area contributed by atoms with Crippen LogP contribution in [0.15, 0.2) is 52.0 Å². The van der Waals surface area contributed by atoms with E-state index in [1.54, 1.807) is 30.5 Å². The molecule has 0 amide bonds. The number of benzene rings is 1. The lowest BCUT2D eigenvalue weighted by molar-refractivity contribution is 0.183. The third-order valence-electron chi connectivity index (χ3n) is 2.91. The Kier molecular flexibility index (Phi) is 3.67. The molecule has 0 aliphatic heterocycles. The van der Waals surface area contributed by atoms with Gasteiger partial charge in [-0.1, -0.05) is 18.2 Å². The molecule has 0 fully saturated rings. The van der Waals surface area contributed by atoms with Crippen molar-refractivity contribution in [3.63, 3.8) is 0 Å². The van der Waals surface area contributed by atoms with Gasteiger partial charge >= 0.3 is 0 Å². The highest BCUT2D eigenvalue weighted by molar-refractivity contribution is 7.11. The van der Waals surface area contributed by atoms with Gasteiger partial charge in [-0.2, -0.15) is 9.83 Å². The molecule has 0 saturated carbocycles. The molecule has 110 valence electrons. The average Bonchev–Trinajstić information content (AvgIpc) is 3.04. The summed E-state index contributed by atoms with van der Waals surface area (Å²) in [5.74, 6) is -0.0358. The van der Waals surface area contributed by atoms with Crippen LogP contribution in [0.3, 0.4) is 0 Å². The minimum atomic E-state index is -0.244. The van der Waals surface area contributed by atoms with E-state index in [1.807, 2.05) is 17.5 Å². The molecule has 0 radical (unpaired) electrons. The number of nitrogens with zero attached hydrogens (tertiary/aromatic N) is 4. The summed E-state index contributed by atoms with van der Waals surface area (Å²) in [6.45, 7) is 0. The molecule has 3 rings (SSSR count). The number of amidine groups is 1. The topological polar surface area (TPSA) is 113 Å². The number of thiophene rings is 1. The molecule has 0 saturated heterocycles. The van der Waals surface area contributed by atoms with Gasteiger partial charge in [0.2, 0.25) is 0 Å². The predicted octanol–water partition coefficient (Wildman–Crippen LogP) is 1.55. The van der Waals surface area contributed by atoms with Crippen molar-refractivity contribution in [1.29, 1.82) is 5.41 Å². The van der Waals surface area contributed by atoms with Gasteiger partial charge in [0.25, 0.3) is 0 Å². The molecule has 0 aliphatic carbocycles. The molecule has 0 bridgehead atoms. The molecule has 3 aromatic rings. The number of fused-ring (bicyclic) bond motifs is 1. The van der Waals surface area contributed by atoms with Crippen molar-refractivity contribution in [3.8, 4) is 0 Å². The van der Waals surface area contributed by atoms with Gasteiger partial charge in [-0.15, -0.1) is 16.4 Å². The largest absolute Gasteiger partial charge is 0.426 e. The third-order valence-corrected chi connectivity index (χ3v) is 3.72. The predicted molar refractivity (Wildman–Crippen MR) is 85.4 cm³/mol. The Hall–Kier alpha value is -3.00. The number of nitrogens with one attached hydrogen (secondary N) is 1. The molecule has 0 spiro atoms. The molecule has 0 aliphatic rings. The van der Waals surface area contributed by atoms with Crippen molar-refractivity contribution in [2.45, 2.75) is 0 Å². The monoisotopic (exact) mass is 312 g/mol. The third kappa shape index (κ3) is 2.59. The highest BCUT2D eigenvalue weighted by atomic mass is 32.1. The molecule has 8 heteroatoms. The van der Waals surface area contributed by atoms with E-state index in [0.717, 1.165) is 9.61 Å². The molecule has 7 nitrogen and oxygen atoms in total. The van der Waals surface area contributed by atoms with Crippen LogP contribution in [0.4, 0.5) is 0 Å². The summed E-state index contributed by atoms with van der Waals surface area (Å²) >= 11 is 1.52. The average molecular weight is 312 g/mol. The number of aromatic nitrogens is 2. The zero-order chi connectivity index (χ0) is 15.5. The summed E-state index contributed by atoms with van der Waals surface area (Å²) in [6, 6.07) is 10.7. The summed E-state index contributed by atoms with van der Waals surface area (Å²) in [5.41, 5.74) is 6.59. The smallest absolute Gasteiger partial charge is 0.191 e. The van der Waals surface area contributed by atoms with E-state index in [2.05, 4.69) is 15.2 Å². The normalized spacial score (nSPS) is 12.3. The Morgan fingerprint density at radius 1 is 1.32 bits per heavy atom. The maximum Gasteiger partial charge on any atom is 0.191 e. The first-order valence-electron chi connectivity index (χ1n) is 6.33. The molecule has 0 unspecified atom stereocenters. The van der Waals surface area contributed by atoms with Gasteiger partial charge in [-0.05, 0) is 23.6 Å². The van der Waals surface area contributed by atoms with Crippen LogP contribution in [-0.4, -0.2) is 27.0 Å². The zero-order valence-electron chi connectivity index (χ0n) is 11.3. The quantitative estimate of drug-likeness (QED) is 0.295. The Labute approximate surface area is 129 Å². The fourth-order valence-corrected chi connectivity index (χ4v) is 2.45. The van der Waals surface area contributed by atoms with Gasteiger partial charge in [0.15, 0.2) is 17.0 Å². The van der Waals surface area contributed by atoms with Gasteiger partial charge in [-0.25, -0.2) is 4.98 Å². The lowest BCUT2D eigenvalue weighted by Gasteiger charge is -2.06. The lowest BCUT2D eigenvalue weighted by atomic mass is 10.3. The first-order valence-corrected chi connectivity index (χ1v) is 7.21. The van der Waals surface area contributed by atoms with Crippen LogP contribution in [0.25, 0.3) is 11.0 Å². The van der Waals surface area contributed by atoms with Crippen LogP contribution >= 0.6 is 11.3 Å². The highest BCUT2D eigenvalue weighted by Gasteiger charge is 2.10. The van der Waals surface area contributed by atoms with Crippen molar-refractivity contribution in [1.82, 2.24) is 9.71 Å². The van der Waals surface area contributed by atoms with Crippen LogP contribution in [0.1, 0.15) is 10.6 Å². The van der Waals surface area contributed by atoms with E-state index in [1.165, 1.54) is 11.3 Å². The summed E-state index contributed by atoms with van der Waals surface area (Å²) in [5, 5.41) is 27.6. The standard InChI is InChI=1S/C14H12N6OS/c15-13(19-17-8-9-4-3-7-22-9)12-14(16)20(21)11-6-2-1-5-10(11)18-12/h1-8,16,21H,(H2,15,19)/b16-14?,17-8+. The van der Waals surface area contributed by atoms with E-state index < -0.39 is 0 Å². The van der Waals surface area contributed by atoms with E-state index in [-0.39, 0.29) is 17.0 Å². The zero-order valence-corrected chi connectivity index (χ0v) is 12.2. The molecular formula is C14H12N6OS. The van der Waals surface area contributed by atoms with Crippen molar-refractivity contribution in [3.05, 3.63) is 57.8 Å². The van der Waals surface area contributed by atoms with Gasteiger partial charge < -0.3 is 10.9 Å². The van der Waals surface area contributed by atoms with Gasteiger partial charge in [0.05, 0.1) is 11.7 Å². The molecule has 2 heterocycles. The minimum absolute atomic E-state index is 0.0358. The van der Waals surface area contributed by atoms with E-state index >= 15 is 0 Å². The minimum Gasteiger partial charge on any atom is -0.426 e. The summed E-state index contributed by atoms with van der Waals surface area (Å²) in [7, 11) is 0. The first-order chi connectivity index (χ1) is 10.7. The highest BCUT2D eigenvalue weighted by Crippen LogP contribution is 2.08. The summed E-state index contributed by atoms with van der Waals surface area (Å²) in [6.07, 6.45) is 1.56. The van der Waals surface area contributed by atoms with Crippen LogP contribution < -0.4 is 11.2 Å². The molecule has 22 heavy (non-hydrogen) atoms. The number of rotatable bonds is 3. The maximum atomic E-state index is 10.0. The Morgan fingerprint density at radius 2 is 2.14 bits per heavy atom. The number of hydrogen-bond acceptors (Lipinski definition) is 6. The molecule has 1 aromatic carbocycles. The SMILES string of the molecule is N=c1c(/C(N)=N/N=C/c2cccs2)nc2ccccc2n1O. The Balaban J connectivity index is 2.02. The number of para-hydroxylation sites is 2. The van der Waals surface area contributed by atoms with Gasteiger partial charge in [-0.3, -0.25) is 5.41 Å². The molecule has 0 atom stereocenters. The summed E-state index contributed by atoms with van der Waals surface area (Å²) in [4.78, 5) is 5.19. The van der Waals surface area contributed by atoms with Crippen LogP contribution in [-0.2, 0) is 0 Å². The maximum absolute atomic E-state index is 10.0.